The molecule has 142 valence electrons. The van der Waals surface area contributed by atoms with Gasteiger partial charge in [-0.1, -0.05) is 13.8 Å². The monoisotopic (exact) mass is 348 g/mol. The molecule has 5 heteroatoms. The standard InChI is InChI=1S/C20H36N4O/c1-16(2)11-24-12-18(14-25-5)20(15-24)6-8-23(9-7-20)13-19-10-17(3)21-22(19)4/h10,16,18H,6-9,11-15H2,1-5H3. The molecule has 1 unspecified atom stereocenters. The van der Waals surface area contributed by atoms with Crippen molar-refractivity contribution in [3.8, 4) is 0 Å². The van der Waals surface area contributed by atoms with Crippen molar-refractivity contribution in [3.63, 3.8) is 0 Å². The summed E-state index contributed by atoms with van der Waals surface area (Å²) in [5.41, 5.74) is 2.91. The molecule has 25 heavy (non-hydrogen) atoms. The Morgan fingerprint density at radius 3 is 2.56 bits per heavy atom. The summed E-state index contributed by atoms with van der Waals surface area (Å²) < 4.78 is 7.63. The van der Waals surface area contributed by atoms with E-state index in [-0.39, 0.29) is 0 Å². The van der Waals surface area contributed by atoms with E-state index in [9.17, 15) is 0 Å². The highest BCUT2D eigenvalue weighted by Crippen LogP contribution is 2.45. The highest BCUT2D eigenvalue weighted by atomic mass is 16.5. The van der Waals surface area contributed by atoms with Gasteiger partial charge in [0.1, 0.15) is 0 Å². The number of aromatic nitrogens is 2. The number of hydrogen-bond donors (Lipinski definition) is 0. The Morgan fingerprint density at radius 1 is 1.28 bits per heavy atom. The summed E-state index contributed by atoms with van der Waals surface area (Å²) in [5, 5.41) is 4.49. The van der Waals surface area contributed by atoms with Gasteiger partial charge in [-0.3, -0.25) is 9.58 Å². The molecule has 1 spiro atoms. The van der Waals surface area contributed by atoms with Crippen molar-refractivity contribution in [1.29, 1.82) is 0 Å². The minimum atomic E-state index is 0.462. The Bertz CT molecular complexity index is 560. The average molecular weight is 349 g/mol. The summed E-state index contributed by atoms with van der Waals surface area (Å²) in [7, 11) is 3.92. The molecule has 3 heterocycles. The van der Waals surface area contributed by atoms with E-state index in [1.165, 1.54) is 51.3 Å². The van der Waals surface area contributed by atoms with Gasteiger partial charge in [-0.15, -0.1) is 0 Å². The molecule has 2 aliphatic heterocycles. The van der Waals surface area contributed by atoms with E-state index in [4.69, 9.17) is 4.74 Å². The van der Waals surface area contributed by atoms with Crippen molar-refractivity contribution in [2.75, 3.05) is 46.4 Å². The van der Waals surface area contributed by atoms with Crippen LogP contribution >= 0.6 is 0 Å². The molecule has 2 saturated heterocycles. The van der Waals surface area contributed by atoms with Crippen LogP contribution < -0.4 is 0 Å². The van der Waals surface area contributed by atoms with E-state index in [0.29, 0.717) is 11.3 Å². The number of methoxy groups -OCH3 is 1. The van der Waals surface area contributed by atoms with Crippen LogP contribution in [0.5, 0.6) is 0 Å². The molecule has 2 aliphatic rings. The molecule has 1 aromatic rings. The van der Waals surface area contributed by atoms with Gasteiger partial charge >= 0.3 is 0 Å². The first-order valence-corrected chi connectivity index (χ1v) is 9.85. The molecule has 0 amide bonds. The van der Waals surface area contributed by atoms with Crippen LogP contribution in [0.25, 0.3) is 0 Å². The van der Waals surface area contributed by atoms with Gasteiger partial charge in [-0.25, -0.2) is 0 Å². The quantitative estimate of drug-likeness (QED) is 0.791. The third-order valence-electron chi connectivity index (χ3n) is 6.21. The van der Waals surface area contributed by atoms with Crippen LogP contribution in [-0.2, 0) is 18.3 Å². The Balaban J connectivity index is 1.61. The number of rotatable bonds is 6. The number of piperidine rings is 1. The molecular weight excluding hydrogens is 312 g/mol. The largest absolute Gasteiger partial charge is 0.384 e. The Kier molecular flexibility index (Phi) is 5.86. The Labute approximate surface area is 153 Å². The third-order valence-corrected chi connectivity index (χ3v) is 6.21. The first-order valence-electron chi connectivity index (χ1n) is 9.85. The normalized spacial score (nSPS) is 24.6. The van der Waals surface area contributed by atoms with Crippen molar-refractivity contribution in [1.82, 2.24) is 19.6 Å². The number of ether oxygens (including phenoxy) is 1. The molecule has 0 bridgehead atoms. The lowest BCUT2D eigenvalue weighted by Gasteiger charge is -2.42. The lowest BCUT2D eigenvalue weighted by molar-refractivity contribution is 0.0343. The molecule has 2 fully saturated rings. The number of likely N-dealkylation sites (tertiary alicyclic amines) is 2. The van der Waals surface area contributed by atoms with Gasteiger partial charge in [-0.05, 0) is 50.3 Å². The zero-order valence-electron chi connectivity index (χ0n) is 16.8. The van der Waals surface area contributed by atoms with E-state index in [1.54, 1.807) is 0 Å². The highest BCUT2D eigenvalue weighted by Gasteiger charge is 2.47. The van der Waals surface area contributed by atoms with Crippen LogP contribution in [0.3, 0.4) is 0 Å². The fourth-order valence-electron chi connectivity index (χ4n) is 4.99. The van der Waals surface area contributed by atoms with Crippen LogP contribution in [0.1, 0.15) is 38.1 Å². The third kappa shape index (κ3) is 4.26. The lowest BCUT2D eigenvalue weighted by atomic mass is 9.71. The van der Waals surface area contributed by atoms with Gasteiger partial charge in [0, 0.05) is 46.3 Å². The molecule has 1 aromatic heterocycles. The average Bonchev–Trinajstić information content (AvgIpc) is 3.02. The highest BCUT2D eigenvalue weighted by molar-refractivity contribution is 5.09. The molecule has 0 radical (unpaired) electrons. The van der Waals surface area contributed by atoms with Crippen molar-refractivity contribution < 1.29 is 4.74 Å². The predicted octanol–water partition coefficient (Wildman–Crippen LogP) is 2.54. The zero-order chi connectivity index (χ0) is 18.0. The van der Waals surface area contributed by atoms with Crippen molar-refractivity contribution >= 4 is 0 Å². The van der Waals surface area contributed by atoms with Gasteiger partial charge in [-0.2, -0.15) is 5.10 Å². The molecule has 5 nitrogen and oxygen atoms in total. The van der Waals surface area contributed by atoms with Crippen LogP contribution in [-0.4, -0.2) is 66.0 Å². The number of hydrogen-bond acceptors (Lipinski definition) is 4. The van der Waals surface area contributed by atoms with Crippen LogP contribution in [0.2, 0.25) is 0 Å². The predicted molar refractivity (Wildman–Crippen MR) is 102 cm³/mol. The van der Waals surface area contributed by atoms with Crippen LogP contribution in [0, 0.1) is 24.2 Å². The first-order chi connectivity index (χ1) is 11.9. The Hall–Kier alpha value is -0.910. The summed E-state index contributed by atoms with van der Waals surface area (Å²) in [4.78, 5) is 5.30. The Morgan fingerprint density at radius 2 is 2.00 bits per heavy atom. The van der Waals surface area contributed by atoms with Gasteiger partial charge in [0.25, 0.3) is 0 Å². The van der Waals surface area contributed by atoms with Crippen LogP contribution in [0.15, 0.2) is 6.07 Å². The summed E-state index contributed by atoms with van der Waals surface area (Å²) in [5.74, 6) is 1.43. The maximum absolute atomic E-state index is 5.60. The van der Waals surface area contributed by atoms with Crippen LogP contribution in [0.4, 0.5) is 0 Å². The van der Waals surface area contributed by atoms with E-state index < -0.39 is 0 Å². The molecular formula is C20H36N4O. The van der Waals surface area contributed by atoms with Crippen molar-refractivity contribution in [2.24, 2.45) is 24.3 Å². The second kappa shape index (κ2) is 7.77. The van der Waals surface area contributed by atoms with Gasteiger partial charge in [0.2, 0.25) is 0 Å². The maximum Gasteiger partial charge on any atom is 0.0597 e. The molecule has 1 atom stereocenters. The summed E-state index contributed by atoms with van der Waals surface area (Å²) in [6.07, 6.45) is 2.60. The summed E-state index contributed by atoms with van der Waals surface area (Å²) in [6, 6.07) is 2.22. The molecule has 0 saturated carbocycles. The summed E-state index contributed by atoms with van der Waals surface area (Å²) >= 11 is 0. The summed E-state index contributed by atoms with van der Waals surface area (Å²) in [6.45, 7) is 14.8. The molecule has 0 aliphatic carbocycles. The van der Waals surface area contributed by atoms with E-state index in [1.807, 2.05) is 11.8 Å². The minimum absolute atomic E-state index is 0.462. The molecule has 0 N–H and O–H groups in total. The SMILES string of the molecule is COCC1CN(CC(C)C)CC12CCN(Cc1cc(C)nn1C)CC2. The second-order valence-electron chi connectivity index (χ2n) is 8.78. The fraction of sp³-hybridized carbons (Fsp3) is 0.850. The topological polar surface area (TPSA) is 33.5 Å². The molecule has 3 rings (SSSR count). The van der Waals surface area contributed by atoms with Crippen molar-refractivity contribution in [2.45, 2.75) is 40.2 Å². The smallest absolute Gasteiger partial charge is 0.0597 e. The first kappa shape index (κ1) is 18.9. The van der Waals surface area contributed by atoms with E-state index >= 15 is 0 Å². The molecule has 0 aromatic carbocycles. The zero-order valence-corrected chi connectivity index (χ0v) is 16.8. The lowest BCUT2D eigenvalue weighted by Crippen LogP contribution is -2.45. The van der Waals surface area contributed by atoms with E-state index in [2.05, 4.69) is 48.8 Å². The number of nitrogens with zero attached hydrogens (tertiary/aromatic N) is 4. The van der Waals surface area contributed by atoms with Crippen molar-refractivity contribution in [3.05, 3.63) is 17.5 Å². The second-order valence-corrected chi connectivity index (χ2v) is 8.78. The number of aryl methyl sites for hydroxylation is 2. The van der Waals surface area contributed by atoms with Gasteiger partial charge < -0.3 is 9.64 Å². The fourth-order valence-corrected chi connectivity index (χ4v) is 4.99. The van der Waals surface area contributed by atoms with Gasteiger partial charge in [0.05, 0.1) is 18.0 Å². The minimum Gasteiger partial charge on any atom is -0.384 e. The van der Waals surface area contributed by atoms with Gasteiger partial charge in [0.15, 0.2) is 0 Å². The van der Waals surface area contributed by atoms with E-state index in [0.717, 1.165) is 24.8 Å². The maximum atomic E-state index is 5.60.